The second kappa shape index (κ2) is 3.75. The Morgan fingerprint density at radius 2 is 1.83 bits per heavy atom. The molecule has 1 rings (SSSR count). The van der Waals surface area contributed by atoms with E-state index in [0.29, 0.717) is 12.5 Å². The summed E-state index contributed by atoms with van der Waals surface area (Å²) in [4.78, 5) is 0. The summed E-state index contributed by atoms with van der Waals surface area (Å²) in [6.45, 7) is 7.45. The van der Waals surface area contributed by atoms with Crippen LogP contribution >= 0.6 is 0 Å². The Morgan fingerprint density at radius 3 is 2.17 bits per heavy atom. The normalized spacial score (nSPS) is 37.2. The zero-order chi connectivity index (χ0) is 9.19. The molecule has 0 aromatic rings. The maximum atomic E-state index is 8.99. The van der Waals surface area contributed by atoms with Crippen LogP contribution in [-0.2, 0) is 0 Å². The number of hydrogen-bond acceptors (Lipinski definition) is 1. The first-order chi connectivity index (χ1) is 5.58. The van der Waals surface area contributed by atoms with Gasteiger partial charge < -0.3 is 9.59 Å². The average Bonchev–Trinajstić information content (AvgIpc) is 2.06. The van der Waals surface area contributed by atoms with Crippen molar-refractivity contribution in [3.05, 3.63) is 0 Å². The monoisotopic (exact) mass is 172 g/mol. The molecule has 2 heteroatoms. The Balaban J connectivity index is 2.44. The number of hydrogen-bond donors (Lipinski definition) is 1. The molecule has 0 unspecified atom stereocenters. The third-order valence-corrected chi connectivity index (χ3v) is 3.60. The summed E-state index contributed by atoms with van der Waals surface area (Å²) in [5.41, 5.74) is 0. The lowest BCUT2D eigenvalue weighted by Gasteiger charge is -2.43. The van der Waals surface area contributed by atoms with Crippen molar-refractivity contribution >= 4 is 0 Å². The zero-order valence-corrected chi connectivity index (χ0v) is 8.58. The van der Waals surface area contributed by atoms with Gasteiger partial charge in [0.05, 0.1) is 26.2 Å². The van der Waals surface area contributed by atoms with Gasteiger partial charge in [-0.1, -0.05) is 0 Å². The average molecular weight is 172 g/mol. The van der Waals surface area contributed by atoms with Crippen LogP contribution in [0.1, 0.15) is 26.7 Å². The van der Waals surface area contributed by atoms with E-state index in [-0.39, 0.29) is 0 Å². The lowest BCUT2D eigenvalue weighted by atomic mass is 9.95. The molecule has 1 saturated heterocycles. The summed E-state index contributed by atoms with van der Waals surface area (Å²) in [6.07, 6.45) is 2.40. The predicted molar refractivity (Wildman–Crippen MR) is 50.9 cm³/mol. The van der Waals surface area contributed by atoms with E-state index in [4.69, 9.17) is 5.11 Å². The number of nitrogens with zero attached hydrogens (tertiary/aromatic N) is 1. The van der Waals surface area contributed by atoms with E-state index in [1.54, 1.807) is 0 Å². The molecule has 1 fully saturated rings. The largest absolute Gasteiger partial charge is 0.396 e. The first kappa shape index (κ1) is 10.0. The Labute approximate surface area is 75.8 Å². The number of aliphatic hydroxyl groups excluding tert-OH is 1. The molecule has 0 atom stereocenters. The highest BCUT2D eigenvalue weighted by molar-refractivity contribution is 4.64. The van der Waals surface area contributed by atoms with E-state index < -0.39 is 0 Å². The molecule has 1 aliphatic heterocycles. The summed E-state index contributed by atoms with van der Waals surface area (Å²) in [6, 6.07) is 0.727. The van der Waals surface area contributed by atoms with Crippen LogP contribution in [0.3, 0.4) is 0 Å². The van der Waals surface area contributed by atoms with Crippen LogP contribution in [0.2, 0.25) is 0 Å². The molecule has 0 bridgehead atoms. The Morgan fingerprint density at radius 1 is 1.33 bits per heavy atom. The van der Waals surface area contributed by atoms with Crippen LogP contribution in [0.4, 0.5) is 0 Å². The van der Waals surface area contributed by atoms with E-state index in [0.717, 1.165) is 6.04 Å². The Kier molecular flexibility index (Phi) is 3.13. The van der Waals surface area contributed by atoms with Crippen molar-refractivity contribution in [1.82, 2.24) is 0 Å². The fraction of sp³-hybridized carbons (Fsp3) is 1.00. The number of likely N-dealkylation sites (tertiary alicyclic amines) is 1. The highest BCUT2D eigenvalue weighted by atomic mass is 16.3. The van der Waals surface area contributed by atoms with Crippen LogP contribution in [-0.4, -0.2) is 42.4 Å². The minimum absolute atomic E-state index is 0.387. The quantitative estimate of drug-likeness (QED) is 0.621. The van der Waals surface area contributed by atoms with Crippen LogP contribution in [0.15, 0.2) is 0 Å². The summed E-state index contributed by atoms with van der Waals surface area (Å²) >= 11 is 0. The second-order valence-corrected chi connectivity index (χ2v) is 4.65. The number of piperidine rings is 1. The molecule has 72 valence electrons. The minimum atomic E-state index is 0.387. The van der Waals surface area contributed by atoms with E-state index in [1.807, 2.05) is 0 Å². The highest BCUT2D eigenvalue weighted by Crippen LogP contribution is 2.23. The van der Waals surface area contributed by atoms with Crippen LogP contribution < -0.4 is 0 Å². The number of rotatable bonds is 2. The van der Waals surface area contributed by atoms with Gasteiger partial charge in [-0.15, -0.1) is 0 Å². The molecule has 2 nitrogen and oxygen atoms in total. The second-order valence-electron chi connectivity index (χ2n) is 4.65. The van der Waals surface area contributed by atoms with Gasteiger partial charge >= 0.3 is 0 Å². The van der Waals surface area contributed by atoms with E-state index in [9.17, 15) is 0 Å². The van der Waals surface area contributed by atoms with Gasteiger partial charge in [-0.2, -0.15) is 0 Å². The molecule has 1 N–H and O–H groups in total. The molecule has 12 heavy (non-hydrogen) atoms. The summed E-state index contributed by atoms with van der Waals surface area (Å²) < 4.78 is 1.19. The lowest BCUT2D eigenvalue weighted by Crippen LogP contribution is -2.54. The molecule has 0 aromatic carbocycles. The molecular weight excluding hydrogens is 150 g/mol. The fourth-order valence-electron chi connectivity index (χ4n) is 1.91. The number of aliphatic hydroxyl groups is 1. The van der Waals surface area contributed by atoms with Gasteiger partial charge in [-0.05, 0) is 19.8 Å². The van der Waals surface area contributed by atoms with Crippen molar-refractivity contribution in [3.8, 4) is 0 Å². The molecule has 0 radical (unpaired) electrons. The third-order valence-electron chi connectivity index (χ3n) is 3.60. The van der Waals surface area contributed by atoms with Crippen molar-refractivity contribution in [2.45, 2.75) is 32.7 Å². The van der Waals surface area contributed by atoms with Gasteiger partial charge in [0.2, 0.25) is 0 Å². The van der Waals surface area contributed by atoms with Crippen LogP contribution in [0.5, 0.6) is 0 Å². The highest BCUT2D eigenvalue weighted by Gasteiger charge is 2.31. The molecule has 0 aromatic heterocycles. The van der Waals surface area contributed by atoms with Gasteiger partial charge in [0.15, 0.2) is 0 Å². The van der Waals surface area contributed by atoms with Gasteiger partial charge in [0.1, 0.15) is 0 Å². The van der Waals surface area contributed by atoms with Gasteiger partial charge in [0.25, 0.3) is 0 Å². The first-order valence-electron chi connectivity index (χ1n) is 5.03. The molecular formula is C10H22NO+. The molecule has 0 amide bonds. The minimum Gasteiger partial charge on any atom is -0.396 e. The standard InChI is InChI=1S/C10H22NO/c1-9(2)11(3)6-4-10(8-12)5-7-11/h9-10,12H,4-8H2,1-3H3/q+1. The molecule has 1 aliphatic rings. The van der Waals surface area contributed by atoms with E-state index in [2.05, 4.69) is 20.9 Å². The molecule has 0 aliphatic carbocycles. The van der Waals surface area contributed by atoms with Crippen molar-refractivity contribution in [2.24, 2.45) is 5.92 Å². The smallest absolute Gasteiger partial charge is 0.0831 e. The van der Waals surface area contributed by atoms with Gasteiger partial charge in [-0.25, -0.2) is 0 Å². The van der Waals surface area contributed by atoms with E-state index >= 15 is 0 Å². The summed E-state index contributed by atoms with van der Waals surface area (Å²) in [5, 5.41) is 8.99. The Hall–Kier alpha value is -0.0800. The Bertz CT molecular complexity index is 137. The first-order valence-corrected chi connectivity index (χ1v) is 5.03. The zero-order valence-electron chi connectivity index (χ0n) is 8.58. The van der Waals surface area contributed by atoms with Crippen molar-refractivity contribution in [3.63, 3.8) is 0 Å². The molecule has 0 spiro atoms. The van der Waals surface area contributed by atoms with Crippen LogP contribution in [0, 0.1) is 5.92 Å². The SMILES string of the molecule is CC(C)[N+]1(C)CCC(CO)CC1. The van der Waals surface area contributed by atoms with Crippen LogP contribution in [0.25, 0.3) is 0 Å². The van der Waals surface area contributed by atoms with Gasteiger partial charge in [-0.3, -0.25) is 0 Å². The van der Waals surface area contributed by atoms with Crippen molar-refractivity contribution in [2.75, 3.05) is 26.7 Å². The predicted octanol–water partition coefficient (Wildman–Crippen LogP) is 1.24. The van der Waals surface area contributed by atoms with Crippen molar-refractivity contribution in [1.29, 1.82) is 0 Å². The van der Waals surface area contributed by atoms with Gasteiger partial charge in [0, 0.05) is 19.4 Å². The summed E-state index contributed by atoms with van der Waals surface area (Å²) in [5.74, 6) is 0.579. The van der Waals surface area contributed by atoms with Crippen molar-refractivity contribution < 1.29 is 9.59 Å². The fourth-order valence-corrected chi connectivity index (χ4v) is 1.91. The summed E-state index contributed by atoms with van der Waals surface area (Å²) in [7, 11) is 2.33. The number of quaternary nitrogens is 1. The lowest BCUT2D eigenvalue weighted by molar-refractivity contribution is -0.935. The third kappa shape index (κ3) is 1.99. The topological polar surface area (TPSA) is 20.2 Å². The van der Waals surface area contributed by atoms with E-state index in [1.165, 1.54) is 30.4 Å². The molecule has 1 heterocycles. The maximum Gasteiger partial charge on any atom is 0.0831 e. The molecule has 0 saturated carbocycles. The maximum absolute atomic E-state index is 8.99.